The van der Waals surface area contributed by atoms with Gasteiger partial charge in [-0.05, 0) is 19.3 Å². The first-order chi connectivity index (χ1) is 7.74. The van der Waals surface area contributed by atoms with E-state index in [1.165, 1.54) is 19.3 Å². The third-order valence-corrected chi connectivity index (χ3v) is 3.65. The number of hydrogen-bond acceptors (Lipinski definition) is 3. The number of carbonyl (C=O) groups excluding carboxylic acids is 1. The molecule has 1 saturated heterocycles. The number of carbonyl (C=O) groups is 1. The fourth-order valence-corrected chi connectivity index (χ4v) is 2.73. The molecule has 3 N–H and O–H groups in total. The number of nitrogens with two attached hydrogens (primary N) is 1. The summed E-state index contributed by atoms with van der Waals surface area (Å²) in [4.78, 5) is 13.9. The molecule has 0 radical (unpaired) electrons. The lowest BCUT2D eigenvalue weighted by Crippen LogP contribution is -2.42. The van der Waals surface area contributed by atoms with Crippen LogP contribution in [-0.2, 0) is 4.79 Å². The van der Waals surface area contributed by atoms with Crippen LogP contribution in [0.2, 0.25) is 0 Å². The second-order valence-electron chi connectivity index (χ2n) is 5.19. The smallest absolute Gasteiger partial charge is 0.234 e. The molecule has 0 aromatic rings. The van der Waals surface area contributed by atoms with E-state index < -0.39 is 0 Å². The molecule has 5 heteroatoms. The standard InChI is InChI=1S/C12H23N3O.ClH/c13-10-6-7-15(8-10)9-12(16)14-11-4-2-1-3-5-11;/h10-11H,1-9,13H2,(H,14,16);1H/t10-;/m0./s1. The number of rotatable bonds is 3. The number of halogens is 1. The summed E-state index contributed by atoms with van der Waals surface area (Å²) in [5, 5.41) is 3.14. The maximum Gasteiger partial charge on any atom is 0.234 e. The van der Waals surface area contributed by atoms with Gasteiger partial charge in [0.05, 0.1) is 6.54 Å². The Morgan fingerprint density at radius 3 is 2.53 bits per heavy atom. The first-order valence-corrected chi connectivity index (χ1v) is 6.51. The van der Waals surface area contributed by atoms with Crippen LogP contribution in [0, 0.1) is 0 Å². The lowest BCUT2D eigenvalue weighted by molar-refractivity contribution is -0.122. The Balaban J connectivity index is 0.00000144. The van der Waals surface area contributed by atoms with Crippen molar-refractivity contribution in [2.75, 3.05) is 19.6 Å². The fourth-order valence-electron chi connectivity index (χ4n) is 2.73. The second kappa shape index (κ2) is 7.19. The van der Waals surface area contributed by atoms with E-state index in [4.69, 9.17) is 5.73 Å². The molecule has 1 atom stereocenters. The van der Waals surface area contributed by atoms with Crippen LogP contribution in [0.4, 0.5) is 0 Å². The quantitative estimate of drug-likeness (QED) is 0.793. The van der Waals surface area contributed by atoms with Crippen molar-refractivity contribution >= 4 is 18.3 Å². The van der Waals surface area contributed by atoms with E-state index in [9.17, 15) is 4.79 Å². The van der Waals surface area contributed by atoms with Crippen molar-refractivity contribution in [2.24, 2.45) is 5.73 Å². The summed E-state index contributed by atoms with van der Waals surface area (Å²) in [5.74, 6) is 0.181. The Morgan fingerprint density at radius 1 is 1.24 bits per heavy atom. The third-order valence-electron chi connectivity index (χ3n) is 3.65. The average molecular weight is 262 g/mol. The summed E-state index contributed by atoms with van der Waals surface area (Å²) in [6, 6.07) is 0.694. The number of nitrogens with one attached hydrogen (secondary N) is 1. The van der Waals surface area contributed by atoms with Gasteiger partial charge in [-0.1, -0.05) is 19.3 Å². The molecule has 0 aromatic carbocycles. The maximum absolute atomic E-state index is 11.8. The van der Waals surface area contributed by atoms with Crippen molar-refractivity contribution in [2.45, 2.75) is 50.6 Å². The highest BCUT2D eigenvalue weighted by Crippen LogP contribution is 2.17. The van der Waals surface area contributed by atoms with E-state index in [0.29, 0.717) is 12.6 Å². The predicted molar refractivity (Wildman–Crippen MR) is 71.3 cm³/mol. The molecule has 2 fully saturated rings. The van der Waals surface area contributed by atoms with Crippen LogP contribution in [0.15, 0.2) is 0 Å². The van der Waals surface area contributed by atoms with Gasteiger partial charge < -0.3 is 11.1 Å². The zero-order valence-corrected chi connectivity index (χ0v) is 11.2. The van der Waals surface area contributed by atoms with E-state index in [2.05, 4.69) is 10.2 Å². The van der Waals surface area contributed by atoms with Crippen LogP contribution in [0.5, 0.6) is 0 Å². The predicted octanol–water partition coefficient (Wildman–Crippen LogP) is 0.890. The summed E-state index contributed by atoms with van der Waals surface area (Å²) < 4.78 is 0. The molecule has 1 aliphatic carbocycles. The lowest BCUT2D eigenvalue weighted by atomic mass is 9.95. The van der Waals surface area contributed by atoms with Gasteiger partial charge in [0, 0.05) is 25.2 Å². The van der Waals surface area contributed by atoms with Gasteiger partial charge in [-0.25, -0.2) is 0 Å². The van der Waals surface area contributed by atoms with Crippen molar-refractivity contribution in [1.29, 1.82) is 0 Å². The van der Waals surface area contributed by atoms with E-state index in [-0.39, 0.29) is 24.4 Å². The van der Waals surface area contributed by atoms with Crippen molar-refractivity contribution in [1.82, 2.24) is 10.2 Å². The topological polar surface area (TPSA) is 58.4 Å². The van der Waals surface area contributed by atoms with Crippen molar-refractivity contribution in [3.05, 3.63) is 0 Å². The molecule has 1 heterocycles. The highest BCUT2D eigenvalue weighted by Gasteiger charge is 2.22. The normalized spacial score (nSPS) is 26.5. The third kappa shape index (κ3) is 4.82. The minimum absolute atomic E-state index is 0. The molecule has 0 bridgehead atoms. The number of nitrogens with zero attached hydrogens (tertiary/aromatic N) is 1. The van der Waals surface area contributed by atoms with Crippen LogP contribution in [0.25, 0.3) is 0 Å². The van der Waals surface area contributed by atoms with E-state index >= 15 is 0 Å². The molecule has 2 aliphatic rings. The summed E-state index contributed by atoms with van der Waals surface area (Å²) in [6.45, 7) is 2.38. The molecule has 100 valence electrons. The monoisotopic (exact) mass is 261 g/mol. The Labute approximate surface area is 110 Å². The number of amides is 1. The summed E-state index contributed by atoms with van der Waals surface area (Å²) in [5.41, 5.74) is 5.81. The second-order valence-corrected chi connectivity index (χ2v) is 5.19. The Hall–Kier alpha value is -0.320. The molecule has 1 saturated carbocycles. The van der Waals surface area contributed by atoms with E-state index in [0.717, 1.165) is 32.4 Å². The highest BCUT2D eigenvalue weighted by molar-refractivity contribution is 5.85. The van der Waals surface area contributed by atoms with Crippen LogP contribution in [0.3, 0.4) is 0 Å². The minimum Gasteiger partial charge on any atom is -0.352 e. The van der Waals surface area contributed by atoms with E-state index in [1.54, 1.807) is 0 Å². The van der Waals surface area contributed by atoms with Crippen LogP contribution in [-0.4, -0.2) is 42.5 Å². The van der Waals surface area contributed by atoms with Crippen LogP contribution >= 0.6 is 12.4 Å². The molecule has 1 aliphatic heterocycles. The van der Waals surface area contributed by atoms with Crippen molar-refractivity contribution < 1.29 is 4.79 Å². The van der Waals surface area contributed by atoms with Crippen LogP contribution in [0.1, 0.15) is 38.5 Å². The molecule has 4 nitrogen and oxygen atoms in total. The lowest BCUT2D eigenvalue weighted by Gasteiger charge is -2.24. The van der Waals surface area contributed by atoms with E-state index in [1.807, 2.05) is 0 Å². The maximum atomic E-state index is 11.8. The minimum atomic E-state index is 0. The zero-order chi connectivity index (χ0) is 11.4. The summed E-state index contributed by atoms with van der Waals surface area (Å²) >= 11 is 0. The number of likely N-dealkylation sites (tertiary alicyclic amines) is 1. The molecule has 0 unspecified atom stereocenters. The van der Waals surface area contributed by atoms with Gasteiger partial charge in [0.2, 0.25) is 5.91 Å². The van der Waals surface area contributed by atoms with Crippen molar-refractivity contribution in [3.63, 3.8) is 0 Å². The average Bonchev–Trinajstić information content (AvgIpc) is 2.65. The van der Waals surface area contributed by atoms with Gasteiger partial charge in [0.25, 0.3) is 0 Å². The Morgan fingerprint density at radius 2 is 1.94 bits per heavy atom. The Bertz CT molecular complexity index is 235. The van der Waals surface area contributed by atoms with Gasteiger partial charge in [0.15, 0.2) is 0 Å². The SMILES string of the molecule is Cl.N[C@H]1CCN(CC(=O)NC2CCCCC2)C1. The first kappa shape index (κ1) is 14.7. The van der Waals surface area contributed by atoms with Gasteiger partial charge in [0.1, 0.15) is 0 Å². The Kier molecular flexibility index (Phi) is 6.23. The molecule has 0 spiro atoms. The van der Waals surface area contributed by atoms with Crippen LogP contribution < -0.4 is 11.1 Å². The van der Waals surface area contributed by atoms with Gasteiger partial charge in [-0.15, -0.1) is 12.4 Å². The molecule has 0 aromatic heterocycles. The number of hydrogen-bond donors (Lipinski definition) is 2. The molecule has 1 amide bonds. The van der Waals surface area contributed by atoms with Crippen molar-refractivity contribution in [3.8, 4) is 0 Å². The first-order valence-electron chi connectivity index (χ1n) is 6.51. The molecule has 17 heavy (non-hydrogen) atoms. The largest absolute Gasteiger partial charge is 0.352 e. The highest BCUT2D eigenvalue weighted by atomic mass is 35.5. The molecular formula is C12H24ClN3O. The van der Waals surface area contributed by atoms with Gasteiger partial charge in [-0.3, -0.25) is 9.69 Å². The zero-order valence-electron chi connectivity index (χ0n) is 10.4. The summed E-state index contributed by atoms with van der Waals surface area (Å²) in [7, 11) is 0. The fraction of sp³-hybridized carbons (Fsp3) is 0.917. The molecular weight excluding hydrogens is 238 g/mol. The summed E-state index contributed by atoms with van der Waals surface area (Å²) in [6.07, 6.45) is 7.19. The van der Waals surface area contributed by atoms with Gasteiger partial charge >= 0.3 is 0 Å². The molecule has 2 rings (SSSR count). The van der Waals surface area contributed by atoms with Gasteiger partial charge in [-0.2, -0.15) is 0 Å².